The van der Waals surface area contributed by atoms with Crippen LogP contribution in [0.3, 0.4) is 0 Å². The van der Waals surface area contributed by atoms with Gasteiger partial charge in [-0.25, -0.2) is 4.79 Å². The summed E-state index contributed by atoms with van der Waals surface area (Å²) in [5.74, 6) is -0.285. The van der Waals surface area contributed by atoms with Crippen molar-refractivity contribution in [3.8, 4) is 0 Å². The van der Waals surface area contributed by atoms with Crippen LogP contribution in [0, 0.1) is 0 Å². The molecule has 2 aromatic rings. The topological polar surface area (TPSA) is 74.0 Å². The molecule has 0 fully saturated rings. The molecule has 0 aliphatic rings. The van der Waals surface area contributed by atoms with Gasteiger partial charge in [0.1, 0.15) is 0 Å². The van der Waals surface area contributed by atoms with Crippen LogP contribution in [0.4, 0.5) is 0 Å². The lowest BCUT2D eigenvalue weighted by atomic mass is 10.2. The zero-order valence-corrected chi connectivity index (χ0v) is 9.15. The third-order valence-corrected chi connectivity index (χ3v) is 2.28. The van der Waals surface area contributed by atoms with E-state index < -0.39 is 5.76 Å². The average Bonchev–Trinajstić information content (AvgIpc) is 2.60. The number of halogens is 1. The second kappa shape index (κ2) is 4.51. The van der Waals surface area contributed by atoms with Crippen molar-refractivity contribution in [1.29, 1.82) is 0 Å². The molecular weight excluding hydrogens is 230 g/mol. The Labute approximate surface area is 96.4 Å². The first-order valence-electron chi connectivity index (χ1n) is 4.70. The molecule has 2 rings (SSSR count). The predicted molar refractivity (Wildman–Crippen MR) is 59.2 cm³/mol. The van der Waals surface area contributed by atoms with E-state index in [2.05, 4.69) is 5.10 Å². The summed E-state index contributed by atoms with van der Waals surface area (Å²) in [5, 5.41) is 4.54. The quantitative estimate of drug-likeness (QED) is 0.867. The molecule has 0 aliphatic heterocycles. The van der Waals surface area contributed by atoms with Gasteiger partial charge in [-0.1, -0.05) is 23.7 Å². The van der Waals surface area contributed by atoms with Gasteiger partial charge in [-0.05, 0) is 17.7 Å². The number of hydrogen-bond acceptors (Lipinski definition) is 4. The summed E-state index contributed by atoms with van der Waals surface area (Å²) in [5.41, 5.74) is 6.20. The van der Waals surface area contributed by atoms with E-state index >= 15 is 0 Å². The standard InChI is InChI=1S/C10H10ClN3O2/c11-8-3-1-2-7(4-8)6-14-10(15)16-9(5-12)13-14/h1-4H,5-6,12H2. The lowest BCUT2D eigenvalue weighted by Gasteiger charge is -1.99. The van der Waals surface area contributed by atoms with E-state index in [0.29, 0.717) is 11.6 Å². The maximum absolute atomic E-state index is 11.3. The van der Waals surface area contributed by atoms with Crippen molar-refractivity contribution in [3.63, 3.8) is 0 Å². The zero-order valence-electron chi connectivity index (χ0n) is 8.39. The Hall–Kier alpha value is -1.59. The minimum atomic E-state index is -0.513. The molecule has 0 unspecified atom stereocenters. The molecule has 0 saturated carbocycles. The van der Waals surface area contributed by atoms with Crippen molar-refractivity contribution in [2.75, 3.05) is 0 Å². The van der Waals surface area contributed by atoms with Gasteiger partial charge in [0.05, 0.1) is 13.1 Å². The number of rotatable bonds is 3. The van der Waals surface area contributed by atoms with Gasteiger partial charge in [0.15, 0.2) is 0 Å². The number of nitrogens with two attached hydrogens (primary N) is 1. The Balaban J connectivity index is 2.26. The molecule has 1 aromatic heterocycles. The molecule has 5 nitrogen and oxygen atoms in total. The second-order valence-corrected chi connectivity index (χ2v) is 3.69. The Bertz CT molecular complexity index is 547. The number of hydrogen-bond donors (Lipinski definition) is 1. The van der Waals surface area contributed by atoms with E-state index in [9.17, 15) is 4.79 Å². The molecule has 84 valence electrons. The van der Waals surface area contributed by atoms with Crippen LogP contribution in [0.25, 0.3) is 0 Å². The monoisotopic (exact) mass is 239 g/mol. The summed E-state index contributed by atoms with van der Waals surface area (Å²) in [7, 11) is 0. The molecule has 0 saturated heterocycles. The Morgan fingerprint density at radius 2 is 2.31 bits per heavy atom. The molecular formula is C10H10ClN3O2. The highest BCUT2D eigenvalue weighted by Crippen LogP contribution is 2.11. The molecule has 0 radical (unpaired) electrons. The van der Waals surface area contributed by atoms with Crippen molar-refractivity contribution in [2.45, 2.75) is 13.1 Å². The molecule has 0 atom stereocenters. The molecule has 2 N–H and O–H groups in total. The molecule has 1 heterocycles. The van der Waals surface area contributed by atoms with Gasteiger partial charge in [0.25, 0.3) is 0 Å². The Morgan fingerprint density at radius 3 is 2.94 bits per heavy atom. The summed E-state index contributed by atoms with van der Waals surface area (Å²) < 4.78 is 6.02. The van der Waals surface area contributed by atoms with E-state index in [-0.39, 0.29) is 12.4 Å². The molecule has 0 amide bonds. The van der Waals surface area contributed by atoms with Gasteiger partial charge in [-0.3, -0.25) is 0 Å². The van der Waals surface area contributed by atoms with E-state index in [0.717, 1.165) is 5.56 Å². The van der Waals surface area contributed by atoms with Gasteiger partial charge in [0, 0.05) is 5.02 Å². The number of benzene rings is 1. The summed E-state index contributed by atoms with van der Waals surface area (Å²) in [6.45, 7) is 0.431. The van der Waals surface area contributed by atoms with E-state index in [4.69, 9.17) is 21.8 Å². The third kappa shape index (κ3) is 2.32. The van der Waals surface area contributed by atoms with Crippen LogP contribution >= 0.6 is 11.6 Å². The number of aromatic nitrogens is 2. The van der Waals surface area contributed by atoms with E-state index in [1.54, 1.807) is 12.1 Å². The van der Waals surface area contributed by atoms with Crippen molar-refractivity contribution in [1.82, 2.24) is 9.78 Å². The predicted octanol–water partition coefficient (Wildman–Crippen LogP) is 0.997. The molecule has 16 heavy (non-hydrogen) atoms. The van der Waals surface area contributed by atoms with Gasteiger partial charge in [-0.15, -0.1) is 5.10 Å². The Kier molecular flexibility index (Phi) is 3.07. The maximum atomic E-state index is 11.3. The zero-order chi connectivity index (χ0) is 11.5. The van der Waals surface area contributed by atoms with Gasteiger partial charge in [0.2, 0.25) is 5.89 Å². The molecule has 0 bridgehead atoms. The largest absolute Gasteiger partial charge is 0.437 e. The minimum absolute atomic E-state index is 0.109. The van der Waals surface area contributed by atoms with Crippen LogP contribution in [0.1, 0.15) is 11.5 Å². The van der Waals surface area contributed by atoms with Crippen molar-refractivity contribution < 1.29 is 4.42 Å². The van der Waals surface area contributed by atoms with Crippen LogP contribution in [0.5, 0.6) is 0 Å². The lowest BCUT2D eigenvalue weighted by Crippen LogP contribution is -2.16. The fourth-order valence-corrected chi connectivity index (χ4v) is 1.55. The van der Waals surface area contributed by atoms with Crippen LogP contribution < -0.4 is 11.5 Å². The fraction of sp³-hybridized carbons (Fsp3) is 0.200. The van der Waals surface area contributed by atoms with E-state index in [1.165, 1.54) is 4.68 Å². The summed E-state index contributed by atoms with van der Waals surface area (Å²) in [6, 6.07) is 7.20. The average molecular weight is 240 g/mol. The second-order valence-electron chi connectivity index (χ2n) is 3.25. The van der Waals surface area contributed by atoms with Crippen molar-refractivity contribution in [3.05, 3.63) is 51.3 Å². The van der Waals surface area contributed by atoms with Crippen LogP contribution in [-0.2, 0) is 13.1 Å². The van der Waals surface area contributed by atoms with Gasteiger partial charge < -0.3 is 10.2 Å². The maximum Gasteiger partial charge on any atom is 0.437 e. The number of nitrogens with zero attached hydrogens (tertiary/aromatic N) is 2. The van der Waals surface area contributed by atoms with Crippen molar-refractivity contribution in [2.24, 2.45) is 5.73 Å². The normalized spacial score (nSPS) is 10.6. The molecule has 0 aliphatic carbocycles. The third-order valence-electron chi connectivity index (χ3n) is 2.04. The first-order valence-corrected chi connectivity index (χ1v) is 5.08. The first kappa shape index (κ1) is 10.9. The first-order chi connectivity index (χ1) is 7.69. The highest BCUT2D eigenvalue weighted by Gasteiger charge is 2.06. The summed E-state index contributed by atoms with van der Waals surface area (Å²) in [6.07, 6.45) is 0. The lowest BCUT2D eigenvalue weighted by molar-refractivity contribution is 0.452. The highest BCUT2D eigenvalue weighted by atomic mass is 35.5. The fourth-order valence-electron chi connectivity index (χ4n) is 1.34. The van der Waals surface area contributed by atoms with Crippen LogP contribution in [0.15, 0.2) is 33.5 Å². The van der Waals surface area contributed by atoms with Crippen LogP contribution in [0.2, 0.25) is 5.02 Å². The molecule has 1 aromatic carbocycles. The van der Waals surface area contributed by atoms with Gasteiger partial charge >= 0.3 is 5.76 Å². The molecule has 0 spiro atoms. The summed E-state index contributed by atoms with van der Waals surface area (Å²) >= 11 is 5.83. The summed E-state index contributed by atoms with van der Waals surface area (Å²) in [4.78, 5) is 11.3. The smallest absolute Gasteiger partial charge is 0.391 e. The Morgan fingerprint density at radius 1 is 1.50 bits per heavy atom. The SMILES string of the molecule is NCc1nn(Cc2cccc(Cl)c2)c(=O)o1. The van der Waals surface area contributed by atoms with Gasteiger partial charge in [-0.2, -0.15) is 4.68 Å². The van der Waals surface area contributed by atoms with Crippen molar-refractivity contribution >= 4 is 11.6 Å². The van der Waals surface area contributed by atoms with E-state index in [1.807, 2.05) is 12.1 Å². The molecule has 6 heteroatoms. The van der Waals surface area contributed by atoms with Crippen LogP contribution in [-0.4, -0.2) is 9.78 Å². The minimum Gasteiger partial charge on any atom is -0.391 e. The highest BCUT2D eigenvalue weighted by molar-refractivity contribution is 6.30.